The van der Waals surface area contributed by atoms with Gasteiger partial charge in [-0.1, -0.05) is 0 Å². The molecule has 0 aromatic carbocycles. The Balaban J connectivity index is 1.58. The SMILES string of the molecule is CO[C@@H]1CCN(Cc2ccncc2)C[C@H]1CC(=O)N1CCCC1. The van der Waals surface area contributed by atoms with Crippen molar-refractivity contribution in [3.63, 3.8) is 0 Å². The summed E-state index contributed by atoms with van der Waals surface area (Å²) in [4.78, 5) is 21.0. The number of amides is 1. The standard InChI is InChI=1S/C18H27N3O2/c1-23-17-6-11-20(13-15-4-7-19-8-5-15)14-16(17)12-18(22)21-9-2-3-10-21/h4-5,7-8,16-17H,2-3,6,9-14H2,1H3/t16-,17-/m1/s1. The van der Waals surface area contributed by atoms with Gasteiger partial charge >= 0.3 is 0 Å². The average Bonchev–Trinajstić information content (AvgIpc) is 3.11. The van der Waals surface area contributed by atoms with Crippen LogP contribution in [0.3, 0.4) is 0 Å². The number of likely N-dealkylation sites (tertiary alicyclic amines) is 2. The molecule has 0 unspecified atom stereocenters. The second-order valence-electron chi connectivity index (χ2n) is 6.71. The molecule has 0 N–H and O–H groups in total. The van der Waals surface area contributed by atoms with Gasteiger partial charge in [-0.15, -0.1) is 0 Å². The van der Waals surface area contributed by atoms with Crippen LogP contribution in [0.4, 0.5) is 0 Å². The number of hydrogen-bond donors (Lipinski definition) is 0. The van der Waals surface area contributed by atoms with Crippen LogP contribution in [0.5, 0.6) is 0 Å². The van der Waals surface area contributed by atoms with Crippen LogP contribution in [0.15, 0.2) is 24.5 Å². The van der Waals surface area contributed by atoms with Gasteiger partial charge in [0.25, 0.3) is 0 Å². The quantitative estimate of drug-likeness (QED) is 0.832. The van der Waals surface area contributed by atoms with E-state index in [1.54, 1.807) is 7.11 Å². The first-order valence-electron chi connectivity index (χ1n) is 8.68. The first-order chi connectivity index (χ1) is 11.3. The summed E-state index contributed by atoms with van der Waals surface area (Å²) >= 11 is 0. The van der Waals surface area contributed by atoms with Crippen LogP contribution >= 0.6 is 0 Å². The minimum atomic E-state index is 0.204. The van der Waals surface area contributed by atoms with E-state index in [0.717, 1.165) is 52.0 Å². The van der Waals surface area contributed by atoms with E-state index in [2.05, 4.69) is 22.0 Å². The van der Waals surface area contributed by atoms with Crippen molar-refractivity contribution in [3.8, 4) is 0 Å². The molecule has 2 atom stereocenters. The first-order valence-corrected chi connectivity index (χ1v) is 8.68. The second-order valence-corrected chi connectivity index (χ2v) is 6.71. The Morgan fingerprint density at radius 1 is 1.26 bits per heavy atom. The molecule has 1 amide bonds. The largest absolute Gasteiger partial charge is 0.381 e. The van der Waals surface area contributed by atoms with Crippen molar-refractivity contribution >= 4 is 5.91 Å². The van der Waals surface area contributed by atoms with E-state index in [-0.39, 0.29) is 6.10 Å². The number of methoxy groups -OCH3 is 1. The molecule has 3 heterocycles. The summed E-state index contributed by atoms with van der Waals surface area (Å²) in [5, 5.41) is 0. The van der Waals surface area contributed by atoms with Crippen LogP contribution in [0.1, 0.15) is 31.2 Å². The second kappa shape index (κ2) is 7.88. The molecule has 2 aliphatic heterocycles. The van der Waals surface area contributed by atoms with Crippen molar-refractivity contribution in [1.29, 1.82) is 0 Å². The maximum atomic E-state index is 12.5. The van der Waals surface area contributed by atoms with E-state index in [0.29, 0.717) is 18.2 Å². The fourth-order valence-corrected chi connectivity index (χ4v) is 3.80. The Labute approximate surface area is 138 Å². The van der Waals surface area contributed by atoms with Gasteiger partial charge in [-0.05, 0) is 37.0 Å². The third-order valence-corrected chi connectivity index (χ3v) is 5.10. The molecule has 0 radical (unpaired) electrons. The molecule has 2 saturated heterocycles. The maximum absolute atomic E-state index is 12.5. The van der Waals surface area contributed by atoms with Crippen LogP contribution < -0.4 is 0 Å². The predicted octanol–water partition coefficient (Wildman–Crippen LogP) is 1.93. The Morgan fingerprint density at radius 3 is 2.70 bits per heavy atom. The average molecular weight is 317 g/mol. The fraction of sp³-hybridized carbons (Fsp3) is 0.667. The van der Waals surface area contributed by atoms with E-state index < -0.39 is 0 Å². The molecule has 0 saturated carbocycles. The Morgan fingerprint density at radius 2 is 2.00 bits per heavy atom. The van der Waals surface area contributed by atoms with Crippen molar-refractivity contribution in [2.24, 2.45) is 5.92 Å². The van der Waals surface area contributed by atoms with Crippen LogP contribution in [-0.4, -0.2) is 60.1 Å². The zero-order chi connectivity index (χ0) is 16.1. The van der Waals surface area contributed by atoms with Gasteiger partial charge in [-0.2, -0.15) is 0 Å². The molecule has 5 heteroatoms. The summed E-state index contributed by atoms with van der Waals surface area (Å²) in [6, 6.07) is 4.12. The van der Waals surface area contributed by atoms with Gasteiger partial charge in [-0.3, -0.25) is 14.7 Å². The van der Waals surface area contributed by atoms with E-state index >= 15 is 0 Å². The molecular formula is C18H27N3O2. The molecule has 3 rings (SSSR count). The van der Waals surface area contributed by atoms with Crippen LogP contribution in [0.25, 0.3) is 0 Å². The highest BCUT2D eigenvalue weighted by Gasteiger charge is 2.32. The monoisotopic (exact) mass is 317 g/mol. The third kappa shape index (κ3) is 4.30. The highest BCUT2D eigenvalue weighted by molar-refractivity contribution is 5.76. The number of nitrogens with zero attached hydrogens (tertiary/aromatic N) is 3. The van der Waals surface area contributed by atoms with Crippen LogP contribution in [-0.2, 0) is 16.1 Å². The third-order valence-electron chi connectivity index (χ3n) is 5.10. The molecule has 126 valence electrons. The number of carbonyl (C=O) groups excluding carboxylic acids is 1. The highest BCUT2D eigenvalue weighted by Crippen LogP contribution is 2.25. The Bertz CT molecular complexity index is 502. The molecule has 0 aliphatic carbocycles. The zero-order valence-corrected chi connectivity index (χ0v) is 14.0. The normalized spacial score (nSPS) is 25.7. The van der Waals surface area contributed by atoms with E-state index in [1.807, 2.05) is 17.3 Å². The first kappa shape index (κ1) is 16.4. The molecule has 23 heavy (non-hydrogen) atoms. The van der Waals surface area contributed by atoms with E-state index in [4.69, 9.17) is 4.74 Å². The molecule has 5 nitrogen and oxygen atoms in total. The molecule has 1 aromatic rings. The Kier molecular flexibility index (Phi) is 5.62. The molecule has 0 bridgehead atoms. The summed E-state index contributed by atoms with van der Waals surface area (Å²) in [7, 11) is 1.77. The highest BCUT2D eigenvalue weighted by atomic mass is 16.5. The van der Waals surface area contributed by atoms with Crippen molar-refractivity contribution in [1.82, 2.24) is 14.8 Å². The van der Waals surface area contributed by atoms with Crippen molar-refractivity contribution in [3.05, 3.63) is 30.1 Å². The number of ether oxygens (including phenoxy) is 1. The van der Waals surface area contributed by atoms with Gasteiger partial charge < -0.3 is 9.64 Å². The lowest BCUT2D eigenvalue weighted by atomic mass is 9.90. The number of pyridine rings is 1. The minimum absolute atomic E-state index is 0.204. The Hall–Kier alpha value is -1.46. The van der Waals surface area contributed by atoms with Gasteiger partial charge in [0.15, 0.2) is 0 Å². The summed E-state index contributed by atoms with van der Waals surface area (Å²) in [5.74, 6) is 0.601. The summed E-state index contributed by atoms with van der Waals surface area (Å²) in [6.07, 6.45) is 7.80. The van der Waals surface area contributed by atoms with Gasteiger partial charge in [0.1, 0.15) is 0 Å². The molecular weight excluding hydrogens is 290 g/mol. The molecule has 2 aliphatic rings. The number of piperidine rings is 1. The summed E-state index contributed by atoms with van der Waals surface area (Å²) < 4.78 is 5.66. The van der Waals surface area contributed by atoms with E-state index in [9.17, 15) is 4.79 Å². The van der Waals surface area contributed by atoms with E-state index in [1.165, 1.54) is 5.56 Å². The lowest BCUT2D eigenvalue weighted by Gasteiger charge is -2.38. The summed E-state index contributed by atoms with van der Waals surface area (Å²) in [6.45, 7) is 4.75. The minimum Gasteiger partial charge on any atom is -0.381 e. The van der Waals surface area contributed by atoms with Gasteiger partial charge in [0, 0.05) is 64.6 Å². The van der Waals surface area contributed by atoms with Crippen LogP contribution in [0, 0.1) is 5.92 Å². The van der Waals surface area contributed by atoms with Gasteiger partial charge in [-0.25, -0.2) is 0 Å². The zero-order valence-electron chi connectivity index (χ0n) is 14.0. The van der Waals surface area contributed by atoms with Crippen molar-refractivity contribution < 1.29 is 9.53 Å². The maximum Gasteiger partial charge on any atom is 0.222 e. The fourth-order valence-electron chi connectivity index (χ4n) is 3.80. The van der Waals surface area contributed by atoms with Gasteiger partial charge in [0.2, 0.25) is 5.91 Å². The molecule has 1 aromatic heterocycles. The number of carbonyl (C=O) groups is 1. The number of aromatic nitrogens is 1. The lowest BCUT2D eigenvalue weighted by Crippen LogP contribution is -2.45. The molecule has 0 spiro atoms. The number of hydrogen-bond acceptors (Lipinski definition) is 4. The molecule has 2 fully saturated rings. The van der Waals surface area contributed by atoms with Crippen molar-refractivity contribution in [2.45, 2.75) is 38.3 Å². The van der Waals surface area contributed by atoms with Crippen molar-refractivity contribution in [2.75, 3.05) is 33.3 Å². The lowest BCUT2D eigenvalue weighted by molar-refractivity contribution is -0.133. The predicted molar refractivity (Wildman–Crippen MR) is 88.8 cm³/mol. The summed E-state index contributed by atoms with van der Waals surface area (Å²) in [5.41, 5.74) is 1.28. The van der Waals surface area contributed by atoms with Crippen LogP contribution in [0.2, 0.25) is 0 Å². The number of rotatable bonds is 5. The van der Waals surface area contributed by atoms with Gasteiger partial charge in [0.05, 0.1) is 6.10 Å². The smallest absolute Gasteiger partial charge is 0.222 e. The topological polar surface area (TPSA) is 45.7 Å².